The highest BCUT2D eigenvalue weighted by Crippen LogP contribution is 2.03. The molecule has 0 spiro atoms. The van der Waals surface area contributed by atoms with Crippen molar-refractivity contribution in [1.82, 2.24) is 4.74 Å². The SMILES string of the molecule is CCOC(=O)c1c(C)n(C)oc1=O. The molecule has 0 unspecified atom stereocenters. The van der Waals surface area contributed by atoms with Crippen molar-refractivity contribution in [2.75, 3.05) is 6.61 Å². The number of aryl methyl sites for hydroxylation is 1. The van der Waals surface area contributed by atoms with Gasteiger partial charge in [0.15, 0.2) is 5.56 Å². The Morgan fingerprint density at radius 1 is 1.62 bits per heavy atom. The summed E-state index contributed by atoms with van der Waals surface area (Å²) >= 11 is 0. The van der Waals surface area contributed by atoms with Crippen LogP contribution in [0.25, 0.3) is 0 Å². The van der Waals surface area contributed by atoms with Crippen LogP contribution in [-0.4, -0.2) is 17.3 Å². The van der Waals surface area contributed by atoms with E-state index in [1.54, 1.807) is 20.9 Å². The van der Waals surface area contributed by atoms with Gasteiger partial charge in [0, 0.05) is 7.05 Å². The molecule has 0 radical (unpaired) electrons. The fraction of sp³-hybridized carbons (Fsp3) is 0.500. The third-order valence-corrected chi connectivity index (χ3v) is 1.74. The van der Waals surface area contributed by atoms with Crippen LogP contribution in [0, 0.1) is 6.92 Å². The summed E-state index contributed by atoms with van der Waals surface area (Å²) in [4.78, 5) is 22.3. The molecular formula is C8H11NO4. The van der Waals surface area contributed by atoms with Crippen LogP contribution in [0.15, 0.2) is 9.32 Å². The summed E-state index contributed by atoms with van der Waals surface area (Å²) in [6.45, 7) is 3.54. The van der Waals surface area contributed by atoms with Crippen molar-refractivity contribution in [2.45, 2.75) is 13.8 Å². The Morgan fingerprint density at radius 3 is 2.62 bits per heavy atom. The zero-order valence-corrected chi connectivity index (χ0v) is 7.79. The molecule has 0 saturated heterocycles. The first-order valence-electron chi connectivity index (χ1n) is 3.92. The number of carbonyl (C=O) groups is 1. The van der Waals surface area contributed by atoms with Crippen LogP contribution in [0.3, 0.4) is 0 Å². The molecule has 1 aromatic heterocycles. The largest absolute Gasteiger partial charge is 0.462 e. The highest BCUT2D eigenvalue weighted by molar-refractivity contribution is 5.89. The standard InChI is InChI=1S/C8H11NO4/c1-4-12-7(10)6-5(2)9(3)13-8(6)11/h4H2,1-3H3. The molecule has 1 aromatic rings. The molecule has 72 valence electrons. The molecule has 5 nitrogen and oxygen atoms in total. The second-order valence-electron chi connectivity index (χ2n) is 2.56. The lowest BCUT2D eigenvalue weighted by Gasteiger charge is -1.97. The number of hydrogen-bond donors (Lipinski definition) is 0. The minimum absolute atomic E-state index is 0.0237. The van der Waals surface area contributed by atoms with E-state index in [-0.39, 0.29) is 12.2 Å². The summed E-state index contributed by atoms with van der Waals surface area (Å²) in [6, 6.07) is 0. The average Bonchev–Trinajstić information content (AvgIpc) is 2.27. The Morgan fingerprint density at radius 2 is 2.23 bits per heavy atom. The molecule has 0 aliphatic rings. The molecular weight excluding hydrogens is 174 g/mol. The summed E-state index contributed by atoms with van der Waals surface area (Å²) in [5.41, 5.74) is -0.203. The third kappa shape index (κ3) is 1.63. The Bertz CT molecular complexity index is 374. The van der Waals surface area contributed by atoms with E-state index in [2.05, 4.69) is 4.52 Å². The fourth-order valence-corrected chi connectivity index (χ4v) is 0.978. The van der Waals surface area contributed by atoms with E-state index < -0.39 is 11.6 Å². The van der Waals surface area contributed by atoms with Gasteiger partial charge in [-0.1, -0.05) is 0 Å². The predicted octanol–water partition coefficient (Wildman–Crippen LogP) is 0.463. The van der Waals surface area contributed by atoms with Crippen molar-refractivity contribution in [2.24, 2.45) is 7.05 Å². The lowest BCUT2D eigenvalue weighted by Crippen LogP contribution is -2.14. The molecule has 0 fully saturated rings. The van der Waals surface area contributed by atoms with Crippen LogP contribution in [-0.2, 0) is 11.8 Å². The molecule has 0 bridgehead atoms. The van der Waals surface area contributed by atoms with Gasteiger partial charge in [0.1, 0.15) is 0 Å². The first-order valence-corrected chi connectivity index (χ1v) is 3.92. The van der Waals surface area contributed by atoms with Gasteiger partial charge in [0.2, 0.25) is 0 Å². The van der Waals surface area contributed by atoms with Crippen LogP contribution in [0.5, 0.6) is 0 Å². The maximum atomic E-state index is 11.2. The van der Waals surface area contributed by atoms with Crippen molar-refractivity contribution in [3.05, 3.63) is 21.7 Å². The van der Waals surface area contributed by atoms with Crippen LogP contribution in [0.2, 0.25) is 0 Å². The molecule has 1 heterocycles. The molecule has 0 amide bonds. The van der Waals surface area contributed by atoms with Gasteiger partial charge in [-0.05, 0) is 13.8 Å². The normalized spacial score (nSPS) is 10.1. The summed E-state index contributed by atoms with van der Waals surface area (Å²) < 4.78 is 10.6. The predicted molar refractivity (Wildman–Crippen MR) is 44.6 cm³/mol. The van der Waals surface area contributed by atoms with Crippen molar-refractivity contribution < 1.29 is 14.1 Å². The third-order valence-electron chi connectivity index (χ3n) is 1.74. The number of esters is 1. The first kappa shape index (κ1) is 9.57. The van der Waals surface area contributed by atoms with Gasteiger partial charge >= 0.3 is 11.6 Å². The van der Waals surface area contributed by atoms with Crippen LogP contribution >= 0.6 is 0 Å². The Hall–Kier alpha value is -1.52. The van der Waals surface area contributed by atoms with E-state index in [1.165, 1.54) is 4.74 Å². The summed E-state index contributed by atoms with van der Waals surface area (Å²) in [6.07, 6.45) is 0. The lowest BCUT2D eigenvalue weighted by atomic mass is 10.2. The topological polar surface area (TPSA) is 61.4 Å². The molecule has 0 aliphatic carbocycles. The van der Waals surface area contributed by atoms with Crippen LogP contribution < -0.4 is 5.63 Å². The van der Waals surface area contributed by atoms with Gasteiger partial charge in [-0.15, -0.1) is 0 Å². The van der Waals surface area contributed by atoms with Gasteiger partial charge in [0.05, 0.1) is 12.3 Å². The second-order valence-corrected chi connectivity index (χ2v) is 2.56. The fourth-order valence-electron chi connectivity index (χ4n) is 0.978. The Balaban J connectivity index is 3.14. The smallest absolute Gasteiger partial charge is 0.372 e. The van der Waals surface area contributed by atoms with Crippen molar-refractivity contribution in [3.8, 4) is 0 Å². The van der Waals surface area contributed by atoms with Crippen molar-refractivity contribution in [1.29, 1.82) is 0 Å². The first-order chi connectivity index (χ1) is 6.07. The molecule has 0 atom stereocenters. The van der Waals surface area contributed by atoms with Gasteiger partial charge < -0.3 is 9.26 Å². The Kier molecular flexibility index (Phi) is 2.55. The molecule has 0 saturated carbocycles. The lowest BCUT2D eigenvalue weighted by molar-refractivity contribution is 0.0523. The molecule has 5 heteroatoms. The average molecular weight is 185 g/mol. The van der Waals surface area contributed by atoms with Crippen LogP contribution in [0.1, 0.15) is 23.0 Å². The number of carbonyl (C=O) groups excluding carboxylic acids is 1. The van der Waals surface area contributed by atoms with Gasteiger partial charge in [0.25, 0.3) is 0 Å². The number of rotatable bonds is 2. The summed E-state index contributed by atoms with van der Waals surface area (Å²) in [5.74, 6) is -0.630. The molecule has 1 rings (SSSR count). The molecule has 0 aliphatic heterocycles. The molecule has 0 aromatic carbocycles. The maximum Gasteiger partial charge on any atom is 0.372 e. The number of aromatic nitrogens is 1. The van der Waals surface area contributed by atoms with Gasteiger partial charge in [-0.2, -0.15) is 0 Å². The minimum Gasteiger partial charge on any atom is -0.462 e. The molecule has 13 heavy (non-hydrogen) atoms. The minimum atomic E-state index is -0.654. The van der Waals surface area contributed by atoms with Crippen molar-refractivity contribution >= 4 is 5.97 Å². The van der Waals surface area contributed by atoms with E-state index >= 15 is 0 Å². The maximum absolute atomic E-state index is 11.2. The van der Waals surface area contributed by atoms with E-state index in [4.69, 9.17) is 4.74 Å². The monoisotopic (exact) mass is 185 g/mol. The van der Waals surface area contributed by atoms with Crippen LogP contribution in [0.4, 0.5) is 0 Å². The van der Waals surface area contributed by atoms with E-state index in [9.17, 15) is 9.59 Å². The van der Waals surface area contributed by atoms with Gasteiger partial charge in [-0.25, -0.2) is 14.3 Å². The number of hydrogen-bond acceptors (Lipinski definition) is 4. The number of ether oxygens (including phenoxy) is 1. The second kappa shape index (κ2) is 3.47. The summed E-state index contributed by atoms with van der Waals surface area (Å²) in [5, 5.41) is 0. The quantitative estimate of drug-likeness (QED) is 0.628. The summed E-state index contributed by atoms with van der Waals surface area (Å²) in [7, 11) is 1.56. The highest BCUT2D eigenvalue weighted by Gasteiger charge is 2.20. The number of nitrogens with zero attached hydrogens (tertiary/aromatic N) is 1. The highest BCUT2D eigenvalue weighted by atomic mass is 16.5. The zero-order valence-electron chi connectivity index (χ0n) is 7.79. The molecule has 0 N–H and O–H groups in total. The van der Waals surface area contributed by atoms with Gasteiger partial charge in [-0.3, -0.25) is 0 Å². The van der Waals surface area contributed by atoms with E-state index in [1.807, 2.05) is 0 Å². The van der Waals surface area contributed by atoms with E-state index in [0.717, 1.165) is 0 Å². The van der Waals surface area contributed by atoms with Crippen molar-refractivity contribution in [3.63, 3.8) is 0 Å². The zero-order chi connectivity index (χ0) is 10.0. The Labute approximate surface area is 74.9 Å². The van der Waals surface area contributed by atoms with E-state index in [0.29, 0.717) is 5.69 Å².